The summed E-state index contributed by atoms with van der Waals surface area (Å²) in [6, 6.07) is 0.595. The molecule has 1 fully saturated rings. The molecule has 1 aromatic heterocycles. The average molecular weight is 311 g/mol. The van der Waals surface area contributed by atoms with E-state index in [4.69, 9.17) is 9.72 Å². The molecule has 0 amide bonds. The van der Waals surface area contributed by atoms with E-state index >= 15 is 0 Å². The molecule has 1 N–H and O–H groups in total. The molecule has 0 spiro atoms. The molecule has 21 heavy (non-hydrogen) atoms. The van der Waals surface area contributed by atoms with Gasteiger partial charge in [-0.05, 0) is 31.7 Å². The van der Waals surface area contributed by atoms with Gasteiger partial charge in [-0.2, -0.15) is 0 Å². The van der Waals surface area contributed by atoms with Gasteiger partial charge in [0.25, 0.3) is 0 Å². The molecule has 1 aromatic rings. The molecule has 2 unspecified atom stereocenters. The van der Waals surface area contributed by atoms with Crippen LogP contribution in [0.2, 0.25) is 0 Å². The predicted molar refractivity (Wildman–Crippen MR) is 90.0 cm³/mol. The lowest BCUT2D eigenvalue weighted by atomic mass is 10.1. The number of methoxy groups -OCH3 is 1. The topological polar surface area (TPSA) is 37.4 Å². The van der Waals surface area contributed by atoms with E-state index in [1.807, 2.05) is 11.3 Å². The largest absolute Gasteiger partial charge is 0.378 e. The number of ether oxygens (including phenoxy) is 1. The van der Waals surface area contributed by atoms with Gasteiger partial charge in [-0.15, -0.1) is 11.3 Å². The number of hydrogen-bond donors (Lipinski definition) is 1. The highest BCUT2D eigenvalue weighted by atomic mass is 32.1. The highest BCUT2D eigenvalue weighted by molar-refractivity contribution is 7.15. The van der Waals surface area contributed by atoms with Crippen LogP contribution in [0.25, 0.3) is 0 Å². The quantitative estimate of drug-likeness (QED) is 0.838. The van der Waals surface area contributed by atoms with Gasteiger partial charge < -0.3 is 15.0 Å². The first-order valence-electron chi connectivity index (χ1n) is 7.96. The van der Waals surface area contributed by atoms with Crippen molar-refractivity contribution in [1.29, 1.82) is 0 Å². The molecular formula is C16H29N3OS. The van der Waals surface area contributed by atoms with Gasteiger partial charge in [0, 0.05) is 31.1 Å². The smallest absolute Gasteiger partial charge is 0.186 e. The minimum absolute atomic E-state index is 0.595. The van der Waals surface area contributed by atoms with Crippen molar-refractivity contribution >= 4 is 16.5 Å². The Kier molecular flexibility index (Phi) is 6.02. The molecule has 0 radical (unpaired) electrons. The lowest BCUT2D eigenvalue weighted by Gasteiger charge is -2.20. The molecule has 1 aliphatic rings. The van der Waals surface area contributed by atoms with Crippen molar-refractivity contribution in [2.45, 2.75) is 53.3 Å². The first-order valence-corrected chi connectivity index (χ1v) is 8.77. The Hall–Kier alpha value is -0.650. The second-order valence-electron chi connectivity index (χ2n) is 6.67. The van der Waals surface area contributed by atoms with Crippen molar-refractivity contribution < 1.29 is 4.74 Å². The average Bonchev–Trinajstić information content (AvgIpc) is 2.93. The molecule has 120 valence electrons. The normalized spacial score (nSPS) is 22.5. The Labute approximate surface area is 132 Å². The fourth-order valence-electron chi connectivity index (χ4n) is 2.92. The molecule has 2 heterocycles. The van der Waals surface area contributed by atoms with E-state index < -0.39 is 0 Å². The van der Waals surface area contributed by atoms with Crippen LogP contribution >= 0.6 is 11.3 Å². The van der Waals surface area contributed by atoms with E-state index in [1.165, 1.54) is 16.4 Å². The van der Waals surface area contributed by atoms with Crippen LogP contribution in [0.1, 0.15) is 44.7 Å². The summed E-state index contributed by atoms with van der Waals surface area (Å²) < 4.78 is 5.32. The molecule has 1 saturated heterocycles. The predicted octanol–water partition coefficient (Wildman–Crippen LogP) is 3.27. The van der Waals surface area contributed by atoms with Crippen LogP contribution < -0.4 is 10.2 Å². The Morgan fingerprint density at radius 1 is 1.43 bits per heavy atom. The molecular weight excluding hydrogens is 282 g/mol. The molecule has 0 aromatic carbocycles. The van der Waals surface area contributed by atoms with Gasteiger partial charge in [-0.1, -0.05) is 20.8 Å². The first-order chi connectivity index (χ1) is 10.0. The molecule has 0 aliphatic carbocycles. The number of anilines is 1. The maximum absolute atomic E-state index is 5.32. The van der Waals surface area contributed by atoms with E-state index in [0.717, 1.165) is 31.2 Å². The Balaban J connectivity index is 2.08. The van der Waals surface area contributed by atoms with Crippen LogP contribution in [0.5, 0.6) is 0 Å². The Bertz CT molecular complexity index is 447. The lowest BCUT2D eigenvalue weighted by Crippen LogP contribution is -2.26. The molecule has 2 rings (SSSR count). The summed E-state index contributed by atoms with van der Waals surface area (Å²) in [5.41, 5.74) is 1.10. The number of thiazole rings is 1. The summed E-state index contributed by atoms with van der Waals surface area (Å²) >= 11 is 1.83. The molecule has 0 bridgehead atoms. The zero-order chi connectivity index (χ0) is 15.4. The van der Waals surface area contributed by atoms with Crippen LogP contribution in [-0.2, 0) is 17.9 Å². The van der Waals surface area contributed by atoms with Gasteiger partial charge in [0.05, 0.1) is 12.3 Å². The molecule has 0 saturated carbocycles. The van der Waals surface area contributed by atoms with Crippen molar-refractivity contribution in [2.24, 2.45) is 11.8 Å². The fraction of sp³-hybridized carbons (Fsp3) is 0.812. The number of nitrogens with one attached hydrogen (secondary N) is 1. The van der Waals surface area contributed by atoms with Gasteiger partial charge in [-0.3, -0.25) is 0 Å². The van der Waals surface area contributed by atoms with Gasteiger partial charge in [0.1, 0.15) is 0 Å². The van der Waals surface area contributed by atoms with E-state index in [9.17, 15) is 0 Å². The van der Waals surface area contributed by atoms with Gasteiger partial charge >= 0.3 is 0 Å². The molecule has 2 atom stereocenters. The number of aromatic nitrogens is 1. The van der Waals surface area contributed by atoms with E-state index in [1.54, 1.807) is 7.11 Å². The van der Waals surface area contributed by atoms with Crippen LogP contribution in [-0.4, -0.2) is 31.2 Å². The van der Waals surface area contributed by atoms with Crippen molar-refractivity contribution in [2.75, 3.05) is 25.1 Å². The highest BCUT2D eigenvalue weighted by Crippen LogP contribution is 2.33. The SMILES string of the molecule is COCc1nc(N2CC(C)CC2C)sc1CNCC(C)C. The van der Waals surface area contributed by atoms with Gasteiger partial charge in [-0.25, -0.2) is 4.98 Å². The van der Waals surface area contributed by atoms with E-state index in [2.05, 4.69) is 37.9 Å². The second kappa shape index (κ2) is 7.56. The zero-order valence-corrected chi connectivity index (χ0v) is 14.8. The van der Waals surface area contributed by atoms with Gasteiger partial charge in [0.15, 0.2) is 5.13 Å². The maximum atomic E-state index is 5.32. The third-order valence-electron chi connectivity index (χ3n) is 3.92. The standard InChI is InChI=1S/C16H29N3OS/c1-11(2)7-17-8-15-14(10-20-5)18-16(21-15)19-9-12(3)6-13(19)4/h11-13,17H,6-10H2,1-5H3. The number of hydrogen-bond acceptors (Lipinski definition) is 5. The monoisotopic (exact) mass is 311 g/mol. The summed E-state index contributed by atoms with van der Waals surface area (Å²) in [7, 11) is 1.74. The Morgan fingerprint density at radius 2 is 2.19 bits per heavy atom. The minimum atomic E-state index is 0.595. The van der Waals surface area contributed by atoms with Crippen LogP contribution in [0.3, 0.4) is 0 Å². The number of nitrogens with zero attached hydrogens (tertiary/aromatic N) is 2. The summed E-state index contributed by atoms with van der Waals surface area (Å²) in [4.78, 5) is 8.62. The van der Waals surface area contributed by atoms with Crippen molar-refractivity contribution in [3.05, 3.63) is 10.6 Å². The summed E-state index contributed by atoms with van der Waals surface area (Å²) in [6.07, 6.45) is 1.26. The molecule has 1 aliphatic heterocycles. The summed E-state index contributed by atoms with van der Waals surface area (Å²) in [6.45, 7) is 12.8. The third-order valence-corrected chi connectivity index (χ3v) is 5.05. The Morgan fingerprint density at radius 3 is 2.76 bits per heavy atom. The van der Waals surface area contributed by atoms with Crippen molar-refractivity contribution in [1.82, 2.24) is 10.3 Å². The van der Waals surface area contributed by atoms with E-state index in [0.29, 0.717) is 18.6 Å². The molecule has 5 heteroatoms. The highest BCUT2D eigenvalue weighted by Gasteiger charge is 2.29. The van der Waals surface area contributed by atoms with Crippen LogP contribution in [0.15, 0.2) is 0 Å². The van der Waals surface area contributed by atoms with Gasteiger partial charge in [0.2, 0.25) is 0 Å². The zero-order valence-electron chi connectivity index (χ0n) is 14.0. The molecule has 4 nitrogen and oxygen atoms in total. The maximum Gasteiger partial charge on any atom is 0.186 e. The lowest BCUT2D eigenvalue weighted by molar-refractivity contribution is 0.181. The summed E-state index contributed by atoms with van der Waals surface area (Å²) in [5, 5.41) is 4.69. The van der Waals surface area contributed by atoms with E-state index in [-0.39, 0.29) is 0 Å². The minimum Gasteiger partial charge on any atom is -0.378 e. The second-order valence-corrected chi connectivity index (χ2v) is 7.73. The van der Waals surface area contributed by atoms with Crippen LogP contribution in [0.4, 0.5) is 5.13 Å². The van der Waals surface area contributed by atoms with Crippen molar-refractivity contribution in [3.8, 4) is 0 Å². The number of rotatable bonds is 7. The summed E-state index contributed by atoms with van der Waals surface area (Å²) in [5.74, 6) is 1.43. The third kappa shape index (κ3) is 4.41. The van der Waals surface area contributed by atoms with Crippen molar-refractivity contribution in [3.63, 3.8) is 0 Å². The fourth-order valence-corrected chi connectivity index (χ4v) is 4.07. The first kappa shape index (κ1) is 16.7. The van der Waals surface area contributed by atoms with Crippen LogP contribution in [0, 0.1) is 11.8 Å².